The number of piperazine rings is 1. The summed E-state index contributed by atoms with van der Waals surface area (Å²) in [4.78, 5) is 41.1. The average molecular weight is 727 g/mol. The fraction of sp³-hybridized carbons (Fsp3) is 0.395. The van der Waals surface area contributed by atoms with Gasteiger partial charge < -0.3 is 24.8 Å². The van der Waals surface area contributed by atoms with Crippen LogP contribution in [0.2, 0.25) is 5.02 Å². The monoisotopic (exact) mass is 726 g/mol. The largest absolute Gasteiger partial charge is 0.497 e. The van der Waals surface area contributed by atoms with Gasteiger partial charge in [-0.05, 0) is 56.2 Å². The molecular formula is C38H43ClN8O5. The molecule has 0 atom stereocenters. The third-order valence-corrected chi connectivity index (χ3v) is 10.2. The summed E-state index contributed by atoms with van der Waals surface area (Å²) in [6, 6.07) is 15.0. The van der Waals surface area contributed by atoms with E-state index >= 15 is 0 Å². The van der Waals surface area contributed by atoms with E-state index in [1.165, 1.54) is 14.2 Å². The van der Waals surface area contributed by atoms with Crippen LogP contribution >= 0.6 is 11.6 Å². The number of pyridine rings is 1. The topological polar surface area (TPSA) is 147 Å². The number of hydrogen-bond donors (Lipinski definition) is 2. The number of nitriles is 1. The highest BCUT2D eigenvalue weighted by Crippen LogP contribution is 2.38. The van der Waals surface area contributed by atoms with Gasteiger partial charge in [0.1, 0.15) is 28.8 Å². The number of rotatable bonds is 12. The molecule has 14 heteroatoms. The minimum absolute atomic E-state index is 0.0618. The van der Waals surface area contributed by atoms with Crippen LogP contribution in [0.25, 0.3) is 22.2 Å². The average Bonchev–Trinajstić information content (AvgIpc) is 3.13. The highest BCUT2D eigenvalue weighted by Gasteiger charge is 2.34. The summed E-state index contributed by atoms with van der Waals surface area (Å²) >= 11 is 6.71. The van der Waals surface area contributed by atoms with Crippen molar-refractivity contribution < 1.29 is 19.0 Å². The number of nitrogens with zero attached hydrogens (tertiary/aromatic N) is 6. The number of nitrogens with one attached hydrogen (secondary N) is 2. The van der Waals surface area contributed by atoms with Crippen LogP contribution in [-0.4, -0.2) is 102 Å². The molecule has 2 saturated heterocycles. The number of methoxy groups -OCH3 is 2. The lowest BCUT2D eigenvalue weighted by atomic mass is 9.97. The van der Waals surface area contributed by atoms with Crippen molar-refractivity contribution in [3.05, 3.63) is 81.3 Å². The smallest absolute Gasteiger partial charge is 0.266 e. The van der Waals surface area contributed by atoms with Crippen molar-refractivity contribution in [2.24, 2.45) is 0 Å². The highest BCUT2D eigenvalue weighted by molar-refractivity contribution is 6.35. The molecule has 2 fully saturated rings. The fourth-order valence-corrected chi connectivity index (χ4v) is 6.89. The molecule has 2 aliphatic rings. The SMILES string of the molecule is CNc1ncc2cc(-c3cc(OC)cc(OC)c3Cl)c(=O)n(CCc3ccc(NC(=O)C(C#N)=CC(C)(C)N4CCN(C5COC5)CC4)cc3)c2n1. The Hall–Kier alpha value is -5.00. The second-order valence-electron chi connectivity index (χ2n) is 13.4. The van der Waals surface area contributed by atoms with E-state index < -0.39 is 11.4 Å². The van der Waals surface area contributed by atoms with E-state index in [0.717, 1.165) is 45.0 Å². The van der Waals surface area contributed by atoms with Gasteiger partial charge in [0.15, 0.2) is 0 Å². The number of halogens is 1. The van der Waals surface area contributed by atoms with Crippen LogP contribution in [0.4, 0.5) is 11.6 Å². The quantitative estimate of drug-likeness (QED) is 0.156. The van der Waals surface area contributed by atoms with Gasteiger partial charge in [0, 0.05) is 79.8 Å². The van der Waals surface area contributed by atoms with Gasteiger partial charge in [-0.1, -0.05) is 23.7 Å². The van der Waals surface area contributed by atoms with E-state index in [4.69, 9.17) is 25.8 Å². The Bertz CT molecular complexity index is 2080. The number of aromatic nitrogens is 3. The van der Waals surface area contributed by atoms with E-state index in [9.17, 15) is 14.9 Å². The standard InChI is InChI=1S/C38H43ClN8O5/c1-38(2,46-14-12-45(13-15-46)28-22-52-23-28)19-26(20-40)35(48)43-27-8-6-24(7-9-27)10-11-47-34-25(21-42-37(41-3)44-34)16-31(36(47)49)30-17-29(50-4)18-32(51-5)33(30)39/h6-9,16-19,21,28H,10-15,22-23H2,1-5H3,(H,43,48)(H,41,42,44). The molecule has 2 aliphatic heterocycles. The Balaban J connectivity index is 1.18. The van der Waals surface area contributed by atoms with E-state index in [2.05, 4.69) is 36.5 Å². The highest BCUT2D eigenvalue weighted by atomic mass is 35.5. The van der Waals surface area contributed by atoms with E-state index in [-0.39, 0.29) is 16.2 Å². The molecule has 52 heavy (non-hydrogen) atoms. The van der Waals surface area contributed by atoms with Gasteiger partial charge in [-0.3, -0.25) is 24.0 Å². The summed E-state index contributed by atoms with van der Waals surface area (Å²) in [7, 11) is 4.75. The van der Waals surface area contributed by atoms with Crippen LogP contribution in [0, 0.1) is 11.3 Å². The summed E-state index contributed by atoms with van der Waals surface area (Å²) in [5.74, 6) is 0.791. The number of carbonyl (C=O) groups excluding carboxylic acids is 1. The number of fused-ring (bicyclic) bond motifs is 1. The zero-order valence-corrected chi connectivity index (χ0v) is 30.8. The van der Waals surface area contributed by atoms with Gasteiger partial charge in [-0.25, -0.2) is 4.98 Å². The Morgan fingerprint density at radius 3 is 2.44 bits per heavy atom. The minimum atomic E-state index is -0.475. The van der Waals surface area contributed by atoms with Crippen LogP contribution < -0.4 is 25.7 Å². The molecule has 272 valence electrons. The predicted molar refractivity (Wildman–Crippen MR) is 201 cm³/mol. The Morgan fingerprint density at radius 2 is 1.83 bits per heavy atom. The number of amides is 1. The first-order chi connectivity index (χ1) is 25.0. The van der Waals surface area contributed by atoms with Gasteiger partial charge in [0.05, 0.1) is 38.5 Å². The summed E-state index contributed by atoms with van der Waals surface area (Å²) in [5, 5.41) is 16.7. The molecule has 4 heterocycles. The molecule has 0 saturated carbocycles. The maximum absolute atomic E-state index is 14.1. The van der Waals surface area contributed by atoms with Crippen molar-refractivity contribution in [2.75, 3.05) is 71.3 Å². The summed E-state index contributed by atoms with van der Waals surface area (Å²) in [6.45, 7) is 9.50. The Labute approximate surface area is 307 Å². The van der Waals surface area contributed by atoms with E-state index in [0.29, 0.717) is 64.3 Å². The molecule has 0 radical (unpaired) electrons. The lowest BCUT2D eigenvalue weighted by Crippen LogP contribution is -2.59. The molecule has 2 aromatic heterocycles. The number of anilines is 2. The molecule has 0 aliphatic carbocycles. The van der Waals surface area contributed by atoms with Crippen LogP contribution in [0.1, 0.15) is 19.4 Å². The van der Waals surface area contributed by atoms with Crippen molar-refractivity contribution >= 4 is 40.2 Å². The zero-order chi connectivity index (χ0) is 37.0. The second-order valence-corrected chi connectivity index (χ2v) is 13.7. The maximum Gasteiger partial charge on any atom is 0.266 e. The number of carbonyl (C=O) groups is 1. The normalized spacial score (nSPS) is 15.9. The van der Waals surface area contributed by atoms with Crippen LogP contribution in [0.5, 0.6) is 11.5 Å². The third kappa shape index (κ3) is 7.75. The van der Waals surface area contributed by atoms with E-state index in [1.54, 1.807) is 54.2 Å². The second kappa shape index (κ2) is 15.7. The van der Waals surface area contributed by atoms with Gasteiger partial charge in [-0.15, -0.1) is 0 Å². The van der Waals surface area contributed by atoms with Crippen LogP contribution in [0.3, 0.4) is 0 Å². The number of hydrogen-bond acceptors (Lipinski definition) is 11. The van der Waals surface area contributed by atoms with Crippen LogP contribution in [-0.2, 0) is 22.5 Å². The van der Waals surface area contributed by atoms with Crippen molar-refractivity contribution in [3.63, 3.8) is 0 Å². The molecule has 4 aromatic rings. The molecule has 2 aromatic carbocycles. The number of ether oxygens (including phenoxy) is 3. The minimum Gasteiger partial charge on any atom is -0.497 e. The first-order valence-electron chi connectivity index (χ1n) is 17.2. The Kier molecular flexibility index (Phi) is 11.1. The molecule has 0 unspecified atom stereocenters. The van der Waals surface area contributed by atoms with Gasteiger partial charge >= 0.3 is 0 Å². The summed E-state index contributed by atoms with van der Waals surface area (Å²) in [5.41, 5.74) is 2.07. The van der Waals surface area contributed by atoms with Crippen molar-refractivity contribution in [1.82, 2.24) is 24.3 Å². The summed E-state index contributed by atoms with van der Waals surface area (Å²) < 4.78 is 17.9. The van der Waals surface area contributed by atoms with Crippen molar-refractivity contribution in [3.8, 4) is 28.7 Å². The maximum atomic E-state index is 14.1. The van der Waals surface area contributed by atoms with Crippen molar-refractivity contribution in [1.29, 1.82) is 5.26 Å². The summed E-state index contributed by atoms with van der Waals surface area (Å²) in [6.07, 6.45) is 3.90. The fourth-order valence-electron chi connectivity index (χ4n) is 6.60. The Morgan fingerprint density at radius 1 is 1.10 bits per heavy atom. The van der Waals surface area contributed by atoms with Crippen LogP contribution in [0.15, 0.2) is 65.1 Å². The molecule has 0 spiro atoms. The van der Waals surface area contributed by atoms with Gasteiger partial charge in [0.25, 0.3) is 11.5 Å². The van der Waals surface area contributed by atoms with Crippen molar-refractivity contribution in [2.45, 2.75) is 38.4 Å². The first-order valence-corrected chi connectivity index (χ1v) is 17.5. The molecule has 2 N–H and O–H groups in total. The van der Waals surface area contributed by atoms with Gasteiger partial charge in [-0.2, -0.15) is 10.2 Å². The number of benzene rings is 2. The molecule has 0 bridgehead atoms. The molecule has 1 amide bonds. The first kappa shape index (κ1) is 36.8. The number of aryl methyl sites for hydroxylation is 2. The van der Waals surface area contributed by atoms with Gasteiger partial charge in [0.2, 0.25) is 5.95 Å². The third-order valence-electron chi connectivity index (χ3n) is 9.77. The van der Waals surface area contributed by atoms with E-state index in [1.807, 2.05) is 26.0 Å². The lowest BCUT2D eigenvalue weighted by molar-refractivity contribution is -0.112. The molecule has 13 nitrogen and oxygen atoms in total. The predicted octanol–water partition coefficient (Wildman–Crippen LogP) is 4.60. The molecule has 6 rings (SSSR count). The zero-order valence-electron chi connectivity index (χ0n) is 30.0. The lowest BCUT2D eigenvalue weighted by Gasteiger charge is -2.46. The molecular weight excluding hydrogens is 684 g/mol.